The Hall–Kier alpha value is -1.06. The fourth-order valence-electron chi connectivity index (χ4n) is 5.30. The van der Waals surface area contributed by atoms with Gasteiger partial charge in [-0.2, -0.15) is 0 Å². The molecule has 156 valence electrons. The molecule has 4 aliphatic rings. The molecule has 4 bridgehead atoms. The van der Waals surface area contributed by atoms with Crippen molar-refractivity contribution < 1.29 is 19.1 Å². The summed E-state index contributed by atoms with van der Waals surface area (Å²) in [7, 11) is 0. The minimum atomic E-state index is -0.450. The van der Waals surface area contributed by atoms with Crippen LogP contribution < -0.4 is 0 Å². The van der Waals surface area contributed by atoms with E-state index in [4.69, 9.17) is 9.47 Å². The van der Waals surface area contributed by atoms with Crippen LogP contribution in [0.3, 0.4) is 0 Å². The molecule has 4 nitrogen and oxygen atoms in total. The van der Waals surface area contributed by atoms with Gasteiger partial charge in [-0.15, -0.1) is 0 Å². The van der Waals surface area contributed by atoms with Gasteiger partial charge in [0.2, 0.25) is 0 Å². The van der Waals surface area contributed by atoms with Gasteiger partial charge in [0.25, 0.3) is 0 Å². The maximum atomic E-state index is 12.4. The average molecular weight is 381 g/mol. The zero-order valence-corrected chi connectivity index (χ0v) is 18.3. The van der Waals surface area contributed by atoms with Crippen molar-refractivity contribution in [2.45, 2.75) is 98.5 Å². The van der Waals surface area contributed by atoms with Crippen LogP contribution >= 0.6 is 0 Å². The second kappa shape index (κ2) is 8.96. The van der Waals surface area contributed by atoms with Gasteiger partial charge in [0.15, 0.2) is 0 Å². The molecule has 0 atom stereocenters. The van der Waals surface area contributed by atoms with Crippen LogP contribution in [0, 0.1) is 29.1 Å². The van der Waals surface area contributed by atoms with Gasteiger partial charge >= 0.3 is 11.9 Å². The molecule has 4 rings (SSSR count). The van der Waals surface area contributed by atoms with Gasteiger partial charge in [-0.3, -0.25) is 9.59 Å². The van der Waals surface area contributed by atoms with Crippen LogP contribution in [0.15, 0.2) is 0 Å². The third-order valence-electron chi connectivity index (χ3n) is 7.29. The highest BCUT2D eigenvalue weighted by atomic mass is 16.6. The molecular weight excluding hydrogens is 340 g/mol. The number of carbonyl (C=O) groups is 2. The number of carbonyl (C=O) groups excluding carboxylic acids is 2. The van der Waals surface area contributed by atoms with Crippen LogP contribution in [0.4, 0.5) is 0 Å². The number of ether oxygens (including phenoxy) is 2. The van der Waals surface area contributed by atoms with E-state index in [9.17, 15) is 9.59 Å². The molecule has 27 heavy (non-hydrogen) atoms. The van der Waals surface area contributed by atoms with Crippen molar-refractivity contribution in [1.82, 2.24) is 0 Å². The minimum Gasteiger partial charge on any atom is -0.465 e. The van der Waals surface area contributed by atoms with Gasteiger partial charge in [0.05, 0.1) is 12.0 Å². The van der Waals surface area contributed by atoms with E-state index in [-0.39, 0.29) is 17.5 Å². The summed E-state index contributed by atoms with van der Waals surface area (Å²) in [6, 6.07) is 0. The molecule has 0 aromatic heterocycles. The first-order valence-corrected chi connectivity index (χ1v) is 11.1. The molecule has 0 aromatic carbocycles. The van der Waals surface area contributed by atoms with E-state index in [0.717, 1.165) is 18.3 Å². The lowest BCUT2D eigenvalue weighted by atomic mass is 9.50. The van der Waals surface area contributed by atoms with E-state index < -0.39 is 5.41 Å². The van der Waals surface area contributed by atoms with Crippen LogP contribution in [0.2, 0.25) is 0 Å². The van der Waals surface area contributed by atoms with E-state index in [1.807, 2.05) is 34.6 Å². The Kier molecular flexibility index (Phi) is 7.38. The Bertz CT molecular complexity index is 494. The molecule has 0 N–H and O–H groups in total. The SMILES string of the molecule is CC.CCC(C)(C)C(=O)OCCCC(=O)OC1(C)C2CC3CC(C2)CC1C3. The van der Waals surface area contributed by atoms with Crippen LogP contribution in [-0.2, 0) is 19.1 Å². The minimum absolute atomic E-state index is 0.124. The molecule has 4 fully saturated rings. The molecule has 4 aliphatic carbocycles. The summed E-state index contributed by atoms with van der Waals surface area (Å²) in [5.41, 5.74) is -0.709. The first-order valence-electron chi connectivity index (χ1n) is 11.1. The summed E-state index contributed by atoms with van der Waals surface area (Å²) >= 11 is 0. The molecule has 0 spiro atoms. The van der Waals surface area contributed by atoms with E-state index in [1.54, 1.807) is 0 Å². The van der Waals surface area contributed by atoms with Crippen molar-refractivity contribution in [2.24, 2.45) is 29.1 Å². The highest BCUT2D eigenvalue weighted by molar-refractivity contribution is 5.75. The molecule has 0 radical (unpaired) electrons. The Morgan fingerprint density at radius 3 is 2.00 bits per heavy atom. The molecule has 0 amide bonds. The maximum absolute atomic E-state index is 12.4. The van der Waals surface area contributed by atoms with Gasteiger partial charge < -0.3 is 9.47 Å². The van der Waals surface area contributed by atoms with Gasteiger partial charge in [-0.25, -0.2) is 0 Å². The van der Waals surface area contributed by atoms with Gasteiger partial charge in [0, 0.05) is 6.42 Å². The lowest BCUT2D eigenvalue weighted by Gasteiger charge is -2.59. The Labute approximate surface area is 165 Å². The molecule has 0 heterocycles. The number of hydrogen-bond donors (Lipinski definition) is 0. The predicted octanol–water partition coefficient (Wildman–Crippen LogP) is 5.53. The standard InChI is InChI=1S/C21H34O4.C2H6/c1-5-20(2,3)19(23)24-8-6-7-18(22)25-21(4)16-10-14-9-15(12-16)13-17(21)11-14;1-2/h14-17H,5-13H2,1-4H3;1-2H3. The molecule has 0 unspecified atom stereocenters. The highest BCUT2D eigenvalue weighted by Gasteiger charge is 2.56. The van der Waals surface area contributed by atoms with E-state index in [1.165, 1.54) is 32.1 Å². The number of rotatable bonds is 7. The lowest BCUT2D eigenvalue weighted by molar-refractivity contribution is -0.203. The van der Waals surface area contributed by atoms with Crippen molar-refractivity contribution in [3.8, 4) is 0 Å². The summed E-state index contributed by atoms with van der Waals surface area (Å²) in [5, 5.41) is 0. The van der Waals surface area contributed by atoms with Crippen molar-refractivity contribution in [3.63, 3.8) is 0 Å². The number of esters is 2. The Morgan fingerprint density at radius 2 is 1.52 bits per heavy atom. The van der Waals surface area contributed by atoms with Crippen LogP contribution in [-0.4, -0.2) is 24.1 Å². The molecule has 0 aliphatic heterocycles. The van der Waals surface area contributed by atoms with Gasteiger partial charge in [-0.05, 0) is 89.4 Å². The molecular formula is C23H40O4. The fourth-order valence-corrected chi connectivity index (χ4v) is 5.30. The smallest absolute Gasteiger partial charge is 0.311 e. The normalized spacial score (nSPS) is 33.9. The monoisotopic (exact) mass is 380 g/mol. The van der Waals surface area contributed by atoms with Crippen molar-refractivity contribution >= 4 is 11.9 Å². The fraction of sp³-hybridized carbons (Fsp3) is 0.913. The predicted molar refractivity (Wildman–Crippen MR) is 107 cm³/mol. The zero-order valence-electron chi connectivity index (χ0n) is 18.3. The molecule has 0 aromatic rings. The summed E-state index contributed by atoms with van der Waals surface area (Å²) in [6.07, 6.45) is 7.97. The quantitative estimate of drug-likeness (QED) is 0.430. The topological polar surface area (TPSA) is 52.6 Å². The first-order chi connectivity index (χ1) is 12.7. The molecule has 0 saturated heterocycles. The summed E-state index contributed by atoms with van der Waals surface area (Å²) in [4.78, 5) is 24.3. The number of hydrogen-bond acceptors (Lipinski definition) is 4. The van der Waals surface area contributed by atoms with Crippen LogP contribution in [0.1, 0.15) is 92.9 Å². The van der Waals surface area contributed by atoms with E-state index in [0.29, 0.717) is 31.3 Å². The van der Waals surface area contributed by atoms with Crippen LogP contribution in [0.25, 0.3) is 0 Å². The van der Waals surface area contributed by atoms with Crippen molar-refractivity contribution in [1.29, 1.82) is 0 Å². The summed E-state index contributed by atoms with van der Waals surface area (Å²) in [5.74, 6) is 2.54. The second-order valence-electron chi connectivity index (χ2n) is 9.44. The van der Waals surface area contributed by atoms with Crippen LogP contribution in [0.5, 0.6) is 0 Å². The van der Waals surface area contributed by atoms with E-state index >= 15 is 0 Å². The molecule has 4 heteroatoms. The average Bonchev–Trinajstić information content (AvgIpc) is 2.64. The third kappa shape index (κ3) is 4.86. The van der Waals surface area contributed by atoms with Crippen molar-refractivity contribution in [2.75, 3.05) is 6.61 Å². The Morgan fingerprint density at radius 1 is 1.00 bits per heavy atom. The van der Waals surface area contributed by atoms with Gasteiger partial charge in [-0.1, -0.05) is 20.8 Å². The maximum Gasteiger partial charge on any atom is 0.311 e. The lowest BCUT2D eigenvalue weighted by Crippen LogP contribution is -2.58. The highest BCUT2D eigenvalue weighted by Crippen LogP contribution is 2.59. The summed E-state index contributed by atoms with van der Waals surface area (Å²) in [6.45, 7) is 12.2. The van der Waals surface area contributed by atoms with E-state index in [2.05, 4.69) is 6.92 Å². The largest absolute Gasteiger partial charge is 0.465 e. The molecule has 4 saturated carbocycles. The first kappa shape index (κ1) is 22.2. The van der Waals surface area contributed by atoms with Gasteiger partial charge in [0.1, 0.15) is 5.60 Å². The summed E-state index contributed by atoms with van der Waals surface area (Å²) < 4.78 is 11.3. The Balaban J connectivity index is 0.00000126. The second-order valence-corrected chi connectivity index (χ2v) is 9.44. The third-order valence-corrected chi connectivity index (χ3v) is 7.29. The van der Waals surface area contributed by atoms with Crippen molar-refractivity contribution in [3.05, 3.63) is 0 Å². The zero-order chi connectivity index (χ0) is 20.2.